The number of carbonyl (C=O) groups is 1. The van der Waals surface area contributed by atoms with Crippen LogP contribution >= 0.6 is 11.6 Å². The number of rotatable bonds is 5. The van der Waals surface area contributed by atoms with E-state index in [1.165, 1.54) is 43.7 Å². The van der Waals surface area contributed by atoms with Crippen molar-refractivity contribution in [1.29, 1.82) is 0 Å². The molecule has 1 N–H and O–H groups in total. The lowest BCUT2D eigenvalue weighted by Gasteiger charge is -2.02. The summed E-state index contributed by atoms with van der Waals surface area (Å²) in [7, 11) is -3.40. The minimum Gasteiger partial charge on any atom is -0.478 e. The van der Waals surface area contributed by atoms with Gasteiger partial charge in [0.1, 0.15) is 0 Å². The number of hydrogen-bond donors (Lipinski definition) is 1. The summed E-state index contributed by atoms with van der Waals surface area (Å²) in [5.41, 5.74) is 0.474. The molecule has 7 heteroatoms. The number of carboxylic acid groups (broad SMARTS) is 1. The van der Waals surface area contributed by atoms with Gasteiger partial charge in [-0.1, -0.05) is 25.8 Å². The molecule has 2 rings (SSSR count). The van der Waals surface area contributed by atoms with Crippen molar-refractivity contribution in [2.24, 2.45) is 0 Å². The number of unbranched alkanes of at least 4 members (excludes halogenated alkanes) is 2. The van der Waals surface area contributed by atoms with Crippen LogP contribution in [0.2, 0.25) is 0 Å². The highest BCUT2D eigenvalue weighted by atomic mass is 35.5. The Kier molecular flexibility index (Phi) is 6.90. The number of halogens is 1. The molecule has 0 unspecified atom stereocenters. The van der Waals surface area contributed by atoms with E-state index in [0.717, 1.165) is 16.1 Å². The number of aromatic carboxylic acids is 1. The van der Waals surface area contributed by atoms with Crippen LogP contribution in [0.3, 0.4) is 0 Å². The first kappa shape index (κ1) is 18.5. The van der Waals surface area contributed by atoms with Crippen molar-refractivity contribution in [1.82, 2.24) is 3.97 Å². The number of nitrogens with zero attached hydrogens (tertiary/aromatic N) is 1. The molecule has 2 aromatic rings. The molecule has 0 fully saturated rings. The fourth-order valence-corrected chi connectivity index (χ4v) is 2.95. The number of aromatic nitrogens is 1. The summed E-state index contributed by atoms with van der Waals surface area (Å²) in [4.78, 5) is 10.9. The molecule has 1 aromatic carbocycles. The zero-order valence-corrected chi connectivity index (χ0v) is 14.2. The number of fused-ring (bicyclic) bond motifs is 1. The Hall–Kier alpha value is -1.53. The fraction of sp³-hybridized carbons (Fsp3) is 0.400. The van der Waals surface area contributed by atoms with Crippen LogP contribution in [-0.2, 0) is 10.0 Å². The third kappa shape index (κ3) is 4.74. The van der Waals surface area contributed by atoms with E-state index in [1.807, 2.05) is 0 Å². The van der Waals surface area contributed by atoms with Crippen molar-refractivity contribution < 1.29 is 18.3 Å². The van der Waals surface area contributed by atoms with Crippen LogP contribution in [0.5, 0.6) is 0 Å². The van der Waals surface area contributed by atoms with E-state index in [2.05, 4.69) is 6.92 Å². The molecule has 122 valence electrons. The predicted molar refractivity (Wildman–Crippen MR) is 89.4 cm³/mol. The van der Waals surface area contributed by atoms with Crippen LogP contribution in [0.15, 0.2) is 30.5 Å². The minimum atomic E-state index is -3.40. The van der Waals surface area contributed by atoms with Crippen molar-refractivity contribution >= 4 is 38.5 Å². The standard InChI is InChI=1S/C10H9NO4S.C5H11Cl/c1-16(14,15)11-6-5-7-8(10(12)13)3-2-4-9(7)11;1-2-3-4-5-6/h2-6H,1H3,(H,12,13);2-5H2,1H3. The Balaban J connectivity index is 0.000000346. The van der Waals surface area contributed by atoms with Gasteiger partial charge in [0.2, 0.25) is 10.0 Å². The van der Waals surface area contributed by atoms with Gasteiger partial charge in [0.25, 0.3) is 0 Å². The second-order valence-electron chi connectivity index (χ2n) is 4.81. The Morgan fingerprint density at radius 1 is 1.27 bits per heavy atom. The first-order valence-corrected chi connectivity index (χ1v) is 9.31. The first-order chi connectivity index (χ1) is 10.3. The Morgan fingerprint density at radius 2 is 1.95 bits per heavy atom. The zero-order chi connectivity index (χ0) is 16.8. The molecule has 0 saturated heterocycles. The molecule has 0 bridgehead atoms. The van der Waals surface area contributed by atoms with E-state index in [-0.39, 0.29) is 5.56 Å². The molecular formula is C15H20ClNO4S. The number of hydrogen-bond acceptors (Lipinski definition) is 3. The lowest BCUT2D eigenvalue weighted by molar-refractivity contribution is 0.0699. The SMILES string of the molecule is CCCCCCl.CS(=O)(=O)n1ccc2c(C(=O)O)cccc21. The van der Waals surface area contributed by atoms with Crippen LogP contribution < -0.4 is 0 Å². The molecule has 0 aliphatic carbocycles. The van der Waals surface area contributed by atoms with Crippen molar-refractivity contribution in [3.63, 3.8) is 0 Å². The highest BCUT2D eigenvalue weighted by Gasteiger charge is 2.14. The minimum absolute atomic E-state index is 0.0971. The third-order valence-corrected chi connectivity index (χ3v) is 4.32. The molecule has 0 aliphatic rings. The van der Waals surface area contributed by atoms with Crippen molar-refractivity contribution in [3.8, 4) is 0 Å². The lowest BCUT2D eigenvalue weighted by atomic mass is 10.1. The van der Waals surface area contributed by atoms with Crippen LogP contribution in [0.4, 0.5) is 0 Å². The zero-order valence-electron chi connectivity index (χ0n) is 12.6. The Morgan fingerprint density at radius 3 is 2.41 bits per heavy atom. The normalized spacial score (nSPS) is 11.0. The maximum absolute atomic E-state index is 11.4. The van der Waals surface area contributed by atoms with Gasteiger partial charge in [-0.05, 0) is 24.6 Å². The van der Waals surface area contributed by atoms with Crippen molar-refractivity contribution in [2.75, 3.05) is 12.1 Å². The summed E-state index contributed by atoms with van der Waals surface area (Å²) in [6, 6.07) is 6.02. The van der Waals surface area contributed by atoms with Gasteiger partial charge >= 0.3 is 5.97 Å². The van der Waals surface area contributed by atoms with Gasteiger partial charge in [0.05, 0.1) is 17.3 Å². The summed E-state index contributed by atoms with van der Waals surface area (Å²) in [6.45, 7) is 2.17. The van der Waals surface area contributed by atoms with E-state index < -0.39 is 16.0 Å². The van der Waals surface area contributed by atoms with Crippen LogP contribution in [0.25, 0.3) is 10.9 Å². The van der Waals surface area contributed by atoms with Gasteiger partial charge in [-0.15, -0.1) is 11.6 Å². The maximum atomic E-state index is 11.4. The first-order valence-electron chi connectivity index (χ1n) is 6.92. The molecule has 0 amide bonds. The lowest BCUT2D eigenvalue weighted by Crippen LogP contribution is -2.08. The number of carboxylic acids is 1. The monoisotopic (exact) mass is 345 g/mol. The molecule has 0 radical (unpaired) electrons. The predicted octanol–water partition coefficient (Wildman–Crippen LogP) is 3.56. The smallest absolute Gasteiger partial charge is 0.336 e. The molecule has 1 aromatic heterocycles. The second kappa shape index (κ2) is 8.19. The van der Waals surface area contributed by atoms with Crippen LogP contribution in [0, 0.1) is 0 Å². The average molecular weight is 346 g/mol. The number of alkyl halides is 1. The van der Waals surface area contributed by atoms with Crippen LogP contribution in [0.1, 0.15) is 36.5 Å². The largest absolute Gasteiger partial charge is 0.478 e. The van der Waals surface area contributed by atoms with Gasteiger partial charge in [0, 0.05) is 17.5 Å². The molecule has 0 atom stereocenters. The van der Waals surface area contributed by atoms with Gasteiger partial charge < -0.3 is 5.11 Å². The van der Waals surface area contributed by atoms with Gasteiger partial charge in [-0.2, -0.15) is 0 Å². The Bertz CT molecular complexity index is 733. The summed E-state index contributed by atoms with van der Waals surface area (Å²) >= 11 is 5.38. The quantitative estimate of drug-likeness (QED) is 0.664. The molecular weight excluding hydrogens is 326 g/mol. The van der Waals surface area contributed by atoms with E-state index in [0.29, 0.717) is 10.9 Å². The molecule has 5 nitrogen and oxygen atoms in total. The summed E-state index contributed by atoms with van der Waals surface area (Å²) in [5, 5.41) is 9.35. The van der Waals surface area contributed by atoms with Gasteiger partial charge in [-0.3, -0.25) is 0 Å². The molecule has 1 heterocycles. The van der Waals surface area contributed by atoms with E-state index in [9.17, 15) is 13.2 Å². The van der Waals surface area contributed by atoms with Crippen molar-refractivity contribution in [2.45, 2.75) is 26.2 Å². The highest BCUT2D eigenvalue weighted by molar-refractivity contribution is 7.89. The van der Waals surface area contributed by atoms with E-state index >= 15 is 0 Å². The maximum Gasteiger partial charge on any atom is 0.336 e. The third-order valence-electron chi connectivity index (χ3n) is 3.02. The summed E-state index contributed by atoms with van der Waals surface area (Å²) in [5.74, 6) is -0.245. The molecule has 0 spiro atoms. The van der Waals surface area contributed by atoms with E-state index in [4.69, 9.17) is 16.7 Å². The second-order valence-corrected chi connectivity index (χ2v) is 7.05. The van der Waals surface area contributed by atoms with Crippen LogP contribution in [-0.4, -0.2) is 35.6 Å². The van der Waals surface area contributed by atoms with E-state index in [1.54, 1.807) is 6.07 Å². The number of benzene rings is 1. The Labute approximate surface area is 135 Å². The average Bonchev–Trinajstić information content (AvgIpc) is 2.89. The topological polar surface area (TPSA) is 76.4 Å². The fourth-order valence-electron chi connectivity index (χ4n) is 1.96. The molecule has 0 aliphatic heterocycles. The summed E-state index contributed by atoms with van der Waals surface area (Å²) in [6.07, 6.45) is 6.15. The molecule has 0 saturated carbocycles. The summed E-state index contributed by atoms with van der Waals surface area (Å²) < 4.78 is 23.9. The van der Waals surface area contributed by atoms with Gasteiger partial charge in [-0.25, -0.2) is 17.2 Å². The van der Waals surface area contributed by atoms with Crippen molar-refractivity contribution in [3.05, 3.63) is 36.0 Å². The molecule has 22 heavy (non-hydrogen) atoms. The highest BCUT2D eigenvalue weighted by Crippen LogP contribution is 2.21. The van der Waals surface area contributed by atoms with Gasteiger partial charge in [0.15, 0.2) is 0 Å².